The molecule has 0 N–H and O–H groups in total. The van der Waals surface area contributed by atoms with Crippen LogP contribution in [0.25, 0.3) is 0 Å². The summed E-state index contributed by atoms with van der Waals surface area (Å²) in [6.07, 6.45) is 12.3. The van der Waals surface area contributed by atoms with Gasteiger partial charge in [-0.25, -0.2) is 0 Å². The van der Waals surface area contributed by atoms with Crippen LogP contribution < -0.4 is 0 Å². The molecule has 0 aliphatic carbocycles. The summed E-state index contributed by atoms with van der Waals surface area (Å²) < 4.78 is 6.33. The summed E-state index contributed by atoms with van der Waals surface area (Å²) in [7, 11) is 0. The maximum atomic E-state index is 4.04. The molecule has 0 bridgehead atoms. The molecule has 0 nitrogen and oxygen atoms in total. The maximum absolute atomic E-state index is 4.04. The fourth-order valence-electron chi connectivity index (χ4n) is 2.84. The third-order valence-electron chi connectivity index (χ3n) is 4.01. The second kappa shape index (κ2) is 11.6. The van der Waals surface area contributed by atoms with E-state index in [2.05, 4.69) is 33.4 Å². The minimum absolute atomic E-state index is 1.37. The first-order valence-corrected chi connectivity index (χ1v) is 15.9. The van der Waals surface area contributed by atoms with E-state index in [4.69, 9.17) is 0 Å². The molecule has 0 rings (SSSR count). The molecular weight excluding hydrogens is 311 g/mol. The molecule has 0 heterocycles. The van der Waals surface area contributed by atoms with Gasteiger partial charge < -0.3 is 0 Å². The van der Waals surface area contributed by atoms with Crippen molar-refractivity contribution in [1.82, 2.24) is 0 Å². The Morgan fingerprint density at radius 3 is 1.65 bits per heavy atom. The first-order chi connectivity index (χ1) is 8.24. The number of allylic oxidation sites excluding steroid dienone is 1. The van der Waals surface area contributed by atoms with Crippen LogP contribution in [0.3, 0.4) is 0 Å². The molecule has 0 radical (unpaired) electrons. The molecule has 0 aromatic rings. The quantitative estimate of drug-likeness (QED) is 0.218. The zero-order valence-electron chi connectivity index (χ0n) is 12.6. The van der Waals surface area contributed by atoms with Gasteiger partial charge in [-0.1, -0.05) is 0 Å². The predicted octanol–water partition coefficient (Wildman–Crippen LogP) is 6.41. The molecular formula is C16H34Sn. The Kier molecular flexibility index (Phi) is 12.0. The summed E-state index contributed by atoms with van der Waals surface area (Å²) in [5.41, 5.74) is 0. The molecule has 17 heavy (non-hydrogen) atoms. The summed E-state index contributed by atoms with van der Waals surface area (Å²) in [6.45, 7) is 11.1. The van der Waals surface area contributed by atoms with Crippen molar-refractivity contribution in [1.29, 1.82) is 0 Å². The number of hydrogen-bond donors (Lipinski definition) is 0. The Morgan fingerprint density at radius 2 is 1.24 bits per heavy atom. The van der Waals surface area contributed by atoms with Gasteiger partial charge in [-0.3, -0.25) is 0 Å². The van der Waals surface area contributed by atoms with Gasteiger partial charge in [0, 0.05) is 0 Å². The molecule has 1 heteroatoms. The molecule has 0 amide bonds. The zero-order chi connectivity index (χ0) is 13.0. The Morgan fingerprint density at radius 1 is 0.765 bits per heavy atom. The molecule has 0 fully saturated rings. The third-order valence-corrected chi connectivity index (χ3v) is 19.4. The van der Waals surface area contributed by atoms with Crippen LogP contribution in [-0.2, 0) is 0 Å². The molecule has 0 aliphatic rings. The van der Waals surface area contributed by atoms with Crippen LogP contribution in [0, 0.1) is 0 Å². The molecule has 0 saturated heterocycles. The molecule has 0 aromatic heterocycles. The molecule has 0 aliphatic heterocycles. The van der Waals surface area contributed by atoms with Gasteiger partial charge in [0.15, 0.2) is 0 Å². The van der Waals surface area contributed by atoms with E-state index in [0.29, 0.717) is 0 Å². The van der Waals surface area contributed by atoms with Crippen LogP contribution in [0.5, 0.6) is 0 Å². The van der Waals surface area contributed by atoms with Crippen LogP contribution in [0.4, 0.5) is 0 Å². The SMILES string of the molecule is C=C[CH2][Sn]([CH2]CCC)([CH2]CCC)[CH2]CCCC. The zero-order valence-corrected chi connectivity index (χ0v) is 15.4. The molecule has 102 valence electrons. The average Bonchev–Trinajstić information content (AvgIpc) is 2.34. The summed E-state index contributed by atoms with van der Waals surface area (Å²) in [5.74, 6) is 0. The first kappa shape index (κ1) is 17.5. The van der Waals surface area contributed by atoms with Gasteiger partial charge in [0.1, 0.15) is 0 Å². The standard InChI is InChI=1S/C5H11.2C4H9.C3H5.Sn/c1-3-5-4-2;2*1-3-4-2;1-3-2;/h1,3-5H2,2H3;2*1,3-4H2,2H3;3H,1-2H2;. The van der Waals surface area contributed by atoms with Crippen LogP contribution in [-0.4, -0.2) is 18.4 Å². The Balaban J connectivity index is 4.37. The van der Waals surface area contributed by atoms with Crippen LogP contribution >= 0.6 is 0 Å². The average molecular weight is 345 g/mol. The molecule has 0 atom stereocenters. The van der Waals surface area contributed by atoms with Crippen LogP contribution in [0.15, 0.2) is 12.7 Å². The van der Waals surface area contributed by atoms with Crippen LogP contribution in [0.2, 0.25) is 17.7 Å². The van der Waals surface area contributed by atoms with E-state index in [-0.39, 0.29) is 0 Å². The van der Waals surface area contributed by atoms with Crippen molar-refractivity contribution in [3.63, 3.8) is 0 Å². The normalized spacial score (nSPS) is 11.7. The number of rotatable bonds is 12. The summed E-state index contributed by atoms with van der Waals surface area (Å²) >= 11 is -1.80. The van der Waals surface area contributed by atoms with Crippen molar-refractivity contribution in [3.8, 4) is 0 Å². The summed E-state index contributed by atoms with van der Waals surface area (Å²) in [4.78, 5) is 0. The van der Waals surface area contributed by atoms with Crippen molar-refractivity contribution >= 4 is 18.4 Å². The van der Waals surface area contributed by atoms with Gasteiger partial charge in [0.25, 0.3) is 0 Å². The fraction of sp³-hybridized carbons (Fsp3) is 0.875. The second-order valence-electron chi connectivity index (χ2n) is 5.66. The Bertz CT molecular complexity index is 166. The van der Waals surface area contributed by atoms with Gasteiger partial charge in [-0.2, -0.15) is 0 Å². The third kappa shape index (κ3) is 8.29. The monoisotopic (exact) mass is 346 g/mol. The number of unbranched alkanes of at least 4 members (excludes halogenated alkanes) is 4. The van der Waals surface area contributed by atoms with E-state index in [9.17, 15) is 0 Å². The van der Waals surface area contributed by atoms with Crippen molar-refractivity contribution in [2.45, 2.75) is 83.5 Å². The van der Waals surface area contributed by atoms with Gasteiger partial charge >= 0.3 is 114 Å². The topological polar surface area (TPSA) is 0 Å². The Labute approximate surface area is 114 Å². The van der Waals surface area contributed by atoms with E-state index in [1.807, 2.05) is 0 Å². The van der Waals surface area contributed by atoms with E-state index < -0.39 is 18.4 Å². The molecule has 0 unspecified atom stereocenters. The van der Waals surface area contributed by atoms with E-state index in [1.165, 1.54) is 49.4 Å². The first-order valence-electron chi connectivity index (χ1n) is 7.85. The van der Waals surface area contributed by atoms with Crippen molar-refractivity contribution in [2.75, 3.05) is 0 Å². The van der Waals surface area contributed by atoms with Gasteiger partial charge in [0.2, 0.25) is 0 Å². The van der Waals surface area contributed by atoms with E-state index in [1.54, 1.807) is 13.3 Å². The van der Waals surface area contributed by atoms with Gasteiger partial charge in [-0.15, -0.1) is 0 Å². The van der Waals surface area contributed by atoms with E-state index in [0.717, 1.165) is 0 Å². The molecule has 0 aromatic carbocycles. The van der Waals surface area contributed by atoms with Crippen LogP contribution in [0.1, 0.15) is 65.7 Å². The van der Waals surface area contributed by atoms with Crippen molar-refractivity contribution in [2.24, 2.45) is 0 Å². The second-order valence-corrected chi connectivity index (χ2v) is 19.7. The Hall–Kier alpha value is 0.539. The summed E-state index contributed by atoms with van der Waals surface area (Å²) in [5, 5.41) is 0. The molecule has 0 saturated carbocycles. The minimum atomic E-state index is -1.80. The molecule has 0 spiro atoms. The fourth-order valence-corrected chi connectivity index (χ4v) is 17.6. The summed E-state index contributed by atoms with van der Waals surface area (Å²) in [6, 6.07) is 0. The predicted molar refractivity (Wildman–Crippen MR) is 84.5 cm³/mol. The van der Waals surface area contributed by atoms with Crippen molar-refractivity contribution in [3.05, 3.63) is 12.7 Å². The van der Waals surface area contributed by atoms with Gasteiger partial charge in [0.05, 0.1) is 0 Å². The number of hydrogen-bond acceptors (Lipinski definition) is 0. The van der Waals surface area contributed by atoms with E-state index >= 15 is 0 Å². The van der Waals surface area contributed by atoms with Gasteiger partial charge in [-0.05, 0) is 0 Å². The van der Waals surface area contributed by atoms with Crippen molar-refractivity contribution < 1.29 is 0 Å².